The molecule has 1 atom stereocenters. The van der Waals surface area contributed by atoms with Crippen LogP contribution in [0.15, 0.2) is 30.6 Å². The Labute approximate surface area is 137 Å². The van der Waals surface area contributed by atoms with Gasteiger partial charge in [0, 0.05) is 18.8 Å². The summed E-state index contributed by atoms with van der Waals surface area (Å²) < 4.78 is 42.7. The van der Waals surface area contributed by atoms with Crippen molar-refractivity contribution in [3.05, 3.63) is 36.2 Å². The Morgan fingerprint density at radius 3 is 2.38 bits per heavy atom. The molecule has 1 aromatic heterocycles. The molecule has 1 aromatic carbocycles. The van der Waals surface area contributed by atoms with Gasteiger partial charge < -0.3 is 21.1 Å². The molecule has 0 bridgehead atoms. The largest absolute Gasteiger partial charge is 0.416 e. The van der Waals surface area contributed by atoms with Crippen LogP contribution in [-0.4, -0.2) is 29.7 Å². The minimum absolute atomic E-state index is 0.0221. The number of ether oxygens (including phenoxy) is 1. The first kappa shape index (κ1) is 17.8. The van der Waals surface area contributed by atoms with Crippen LogP contribution in [0.5, 0.6) is 0 Å². The molecule has 9 heteroatoms. The van der Waals surface area contributed by atoms with Gasteiger partial charge in [0.05, 0.1) is 12.2 Å². The summed E-state index contributed by atoms with van der Waals surface area (Å²) in [6.45, 7) is 2.36. The van der Waals surface area contributed by atoms with Crippen molar-refractivity contribution < 1.29 is 17.9 Å². The molecule has 1 unspecified atom stereocenters. The van der Waals surface area contributed by atoms with Gasteiger partial charge in [0.2, 0.25) is 0 Å². The third-order valence-electron chi connectivity index (χ3n) is 3.16. The zero-order chi connectivity index (χ0) is 17.7. The van der Waals surface area contributed by atoms with E-state index in [2.05, 4.69) is 20.6 Å². The number of halogens is 3. The summed E-state index contributed by atoms with van der Waals surface area (Å²) in [6, 6.07) is 4.57. The molecule has 0 aliphatic heterocycles. The highest BCUT2D eigenvalue weighted by atomic mass is 19.4. The van der Waals surface area contributed by atoms with E-state index in [1.165, 1.54) is 18.5 Å². The Kier molecular flexibility index (Phi) is 5.45. The summed E-state index contributed by atoms with van der Waals surface area (Å²) in [5.74, 6) is 0.723. The third-order valence-corrected chi connectivity index (χ3v) is 3.16. The molecular formula is C15H18F3N5O. The number of hydrogen-bond acceptors (Lipinski definition) is 6. The van der Waals surface area contributed by atoms with Gasteiger partial charge in [-0.2, -0.15) is 13.2 Å². The molecule has 0 amide bonds. The maximum atomic E-state index is 12.6. The van der Waals surface area contributed by atoms with Crippen LogP contribution in [-0.2, 0) is 10.9 Å². The molecular weight excluding hydrogens is 323 g/mol. The SMILES string of the molecule is COCC(C)Nc1ncnc(Nc2ccc(C(F)(F)F)cc2)c1N. The predicted octanol–water partition coefficient (Wildman–Crippen LogP) is 3.27. The monoisotopic (exact) mass is 341 g/mol. The second-order valence-electron chi connectivity index (χ2n) is 5.19. The van der Waals surface area contributed by atoms with Crippen LogP contribution >= 0.6 is 0 Å². The number of methoxy groups -OCH3 is 1. The van der Waals surface area contributed by atoms with Crippen LogP contribution in [0.2, 0.25) is 0 Å². The zero-order valence-electron chi connectivity index (χ0n) is 13.2. The van der Waals surface area contributed by atoms with Gasteiger partial charge in [0.15, 0.2) is 11.6 Å². The number of rotatable bonds is 6. The molecule has 0 saturated carbocycles. The minimum Gasteiger partial charge on any atom is -0.393 e. The lowest BCUT2D eigenvalue weighted by atomic mass is 10.2. The van der Waals surface area contributed by atoms with Crippen LogP contribution in [0.3, 0.4) is 0 Å². The smallest absolute Gasteiger partial charge is 0.393 e. The van der Waals surface area contributed by atoms with E-state index < -0.39 is 11.7 Å². The molecule has 2 aromatic rings. The molecule has 24 heavy (non-hydrogen) atoms. The van der Waals surface area contributed by atoms with Crippen LogP contribution in [0.25, 0.3) is 0 Å². The van der Waals surface area contributed by atoms with Gasteiger partial charge in [-0.3, -0.25) is 0 Å². The molecule has 4 N–H and O–H groups in total. The fourth-order valence-electron chi connectivity index (χ4n) is 2.01. The number of nitrogens with one attached hydrogen (secondary N) is 2. The maximum Gasteiger partial charge on any atom is 0.416 e. The van der Waals surface area contributed by atoms with Crippen LogP contribution in [0, 0.1) is 0 Å². The summed E-state index contributed by atoms with van der Waals surface area (Å²) >= 11 is 0. The average Bonchev–Trinajstić information content (AvgIpc) is 2.51. The van der Waals surface area contributed by atoms with E-state index >= 15 is 0 Å². The molecule has 0 fully saturated rings. The second kappa shape index (κ2) is 7.35. The first-order valence-corrected chi connectivity index (χ1v) is 7.11. The highest BCUT2D eigenvalue weighted by molar-refractivity contribution is 5.77. The summed E-state index contributed by atoms with van der Waals surface area (Å²) in [4.78, 5) is 8.08. The standard InChI is InChI=1S/C15H18F3N5O/c1-9(7-24-2)22-13-12(19)14(21-8-20-13)23-11-5-3-10(4-6-11)15(16,17)18/h3-6,8-9H,7,19H2,1-2H3,(H2,20,21,22,23). The topological polar surface area (TPSA) is 85.1 Å². The van der Waals surface area contributed by atoms with E-state index in [1.54, 1.807) is 7.11 Å². The van der Waals surface area contributed by atoms with Crippen molar-refractivity contribution in [2.45, 2.75) is 19.1 Å². The van der Waals surface area contributed by atoms with Gasteiger partial charge >= 0.3 is 6.18 Å². The molecule has 6 nitrogen and oxygen atoms in total. The normalized spacial score (nSPS) is 12.7. The number of aromatic nitrogens is 2. The number of hydrogen-bond donors (Lipinski definition) is 3. The fourth-order valence-corrected chi connectivity index (χ4v) is 2.01. The third kappa shape index (κ3) is 4.48. The quantitative estimate of drug-likeness (QED) is 0.748. The summed E-state index contributed by atoms with van der Waals surface area (Å²) in [7, 11) is 1.58. The van der Waals surface area contributed by atoms with Crippen LogP contribution in [0.1, 0.15) is 12.5 Å². The first-order valence-electron chi connectivity index (χ1n) is 7.11. The lowest BCUT2D eigenvalue weighted by Gasteiger charge is -2.16. The molecule has 130 valence electrons. The predicted molar refractivity (Wildman–Crippen MR) is 86.1 cm³/mol. The second-order valence-corrected chi connectivity index (χ2v) is 5.19. The fraction of sp³-hybridized carbons (Fsp3) is 0.333. The zero-order valence-corrected chi connectivity index (χ0v) is 13.2. The summed E-state index contributed by atoms with van der Waals surface area (Å²) in [5, 5.41) is 5.96. The summed E-state index contributed by atoms with van der Waals surface area (Å²) in [6.07, 6.45) is -3.06. The van der Waals surface area contributed by atoms with Crippen molar-refractivity contribution in [3.8, 4) is 0 Å². The highest BCUT2D eigenvalue weighted by Crippen LogP contribution is 2.31. The Morgan fingerprint density at radius 1 is 1.17 bits per heavy atom. The molecule has 0 aliphatic carbocycles. The van der Waals surface area contributed by atoms with Gasteiger partial charge in [0.1, 0.15) is 12.0 Å². The van der Waals surface area contributed by atoms with Crippen molar-refractivity contribution in [3.63, 3.8) is 0 Å². The van der Waals surface area contributed by atoms with Gasteiger partial charge in [-0.1, -0.05) is 0 Å². The van der Waals surface area contributed by atoms with E-state index in [1.807, 2.05) is 6.92 Å². The number of nitrogens with zero attached hydrogens (tertiary/aromatic N) is 2. The van der Waals surface area contributed by atoms with Crippen molar-refractivity contribution >= 4 is 23.0 Å². The van der Waals surface area contributed by atoms with Crippen molar-refractivity contribution in [2.75, 3.05) is 30.1 Å². The lowest BCUT2D eigenvalue weighted by Crippen LogP contribution is -2.22. The average molecular weight is 341 g/mol. The van der Waals surface area contributed by atoms with Gasteiger partial charge in [-0.25, -0.2) is 9.97 Å². The Balaban J connectivity index is 2.15. The Bertz CT molecular complexity index is 676. The molecule has 1 heterocycles. The minimum atomic E-state index is -4.37. The van der Waals surface area contributed by atoms with Crippen molar-refractivity contribution in [1.82, 2.24) is 9.97 Å². The van der Waals surface area contributed by atoms with Crippen molar-refractivity contribution in [2.24, 2.45) is 0 Å². The molecule has 0 radical (unpaired) electrons. The van der Waals surface area contributed by atoms with Crippen molar-refractivity contribution in [1.29, 1.82) is 0 Å². The molecule has 0 saturated heterocycles. The molecule has 0 spiro atoms. The lowest BCUT2D eigenvalue weighted by molar-refractivity contribution is -0.137. The number of anilines is 4. The van der Waals surface area contributed by atoms with E-state index in [9.17, 15) is 13.2 Å². The highest BCUT2D eigenvalue weighted by Gasteiger charge is 2.29. The Morgan fingerprint density at radius 2 is 1.79 bits per heavy atom. The number of nitrogen functional groups attached to an aromatic ring is 1. The summed E-state index contributed by atoms with van der Waals surface area (Å²) in [5.41, 5.74) is 5.98. The molecule has 2 rings (SSSR count). The first-order chi connectivity index (χ1) is 11.3. The van der Waals surface area contributed by atoms with Crippen LogP contribution < -0.4 is 16.4 Å². The van der Waals surface area contributed by atoms with Gasteiger partial charge in [-0.15, -0.1) is 0 Å². The van der Waals surface area contributed by atoms with E-state index in [-0.39, 0.29) is 11.7 Å². The maximum absolute atomic E-state index is 12.6. The van der Waals surface area contributed by atoms with Crippen LogP contribution in [0.4, 0.5) is 36.2 Å². The number of alkyl halides is 3. The Hall–Kier alpha value is -2.55. The van der Waals surface area contributed by atoms with Gasteiger partial charge in [0.25, 0.3) is 0 Å². The van der Waals surface area contributed by atoms with Gasteiger partial charge in [-0.05, 0) is 31.2 Å². The van der Waals surface area contributed by atoms with E-state index in [4.69, 9.17) is 10.5 Å². The number of nitrogens with two attached hydrogens (primary N) is 1. The van der Waals surface area contributed by atoms with E-state index in [0.717, 1.165) is 12.1 Å². The molecule has 0 aliphatic rings. The number of benzene rings is 1. The van der Waals surface area contributed by atoms with E-state index in [0.29, 0.717) is 23.9 Å².